The van der Waals surface area contributed by atoms with Crippen molar-refractivity contribution in [2.75, 3.05) is 10.6 Å². The summed E-state index contributed by atoms with van der Waals surface area (Å²) < 4.78 is 0. The molecule has 0 aromatic heterocycles. The molecule has 1 aliphatic heterocycles. The van der Waals surface area contributed by atoms with E-state index in [0.29, 0.717) is 10.6 Å². The Morgan fingerprint density at radius 1 is 1.10 bits per heavy atom. The van der Waals surface area contributed by atoms with E-state index < -0.39 is 0 Å². The lowest BCUT2D eigenvalue weighted by molar-refractivity contribution is -0.110. The summed E-state index contributed by atoms with van der Waals surface area (Å²) in [6, 6.07) is 11.5. The number of rotatable bonds is 2. The third-order valence-electron chi connectivity index (χ3n) is 3.65. The zero-order valence-corrected chi connectivity index (χ0v) is 12.6. The maximum Gasteiger partial charge on any atom is 0.257 e. The Hall–Kier alpha value is -2.26. The SMILES string of the molecule is Cc1ccc(N/C=C2/C(=O)Nc3ccc(Cl)cc32)cc1C. The molecule has 3 nitrogen and oxygen atoms in total. The predicted octanol–water partition coefficient (Wildman–Crippen LogP) is 4.36. The smallest absolute Gasteiger partial charge is 0.257 e. The standard InChI is InChI=1S/C17H15ClN2O/c1-10-3-5-13(7-11(10)2)19-9-15-14-8-12(18)4-6-16(14)20-17(15)21/h3-9,19H,1-2H3,(H,20,21)/b15-9+. The fraction of sp³-hybridized carbons (Fsp3) is 0.118. The van der Waals surface area contributed by atoms with Crippen LogP contribution < -0.4 is 10.6 Å². The van der Waals surface area contributed by atoms with Crippen molar-refractivity contribution in [2.45, 2.75) is 13.8 Å². The highest BCUT2D eigenvalue weighted by Gasteiger charge is 2.24. The van der Waals surface area contributed by atoms with Crippen molar-refractivity contribution in [1.82, 2.24) is 0 Å². The molecule has 0 fully saturated rings. The molecular formula is C17H15ClN2O. The maximum atomic E-state index is 12.0. The van der Waals surface area contributed by atoms with Crippen molar-refractivity contribution in [2.24, 2.45) is 0 Å². The van der Waals surface area contributed by atoms with Gasteiger partial charge in [0.1, 0.15) is 0 Å². The van der Waals surface area contributed by atoms with Gasteiger partial charge >= 0.3 is 0 Å². The van der Waals surface area contributed by atoms with E-state index in [2.05, 4.69) is 36.6 Å². The normalized spacial score (nSPS) is 15.0. The van der Waals surface area contributed by atoms with Crippen molar-refractivity contribution >= 4 is 34.5 Å². The van der Waals surface area contributed by atoms with E-state index in [1.54, 1.807) is 18.3 Å². The molecule has 0 spiro atoms. The molecule has 2 aromatic carbocycles. The summed E-state index contributed by atoms with van der Waals surface area (Å²) in [7, 11) is 0. The minimum absolute atomic E-state index is 0.122. The van der Waals surface area contributed by atoms with Crippen LogP contribution in [-0.2, 0) is 4.79 Å². The van der Waals surface area contributed by atoms with Crippen LogP contribution in [0.25, 0.3) is 5.57 Å². The van der Waals surface area contributed by atoms with Gasteiger partial charge < -0.3 is 10.6 Å². The number of hydrogen-bond donors (Lipinski definition) is 2. The zero-order valence-electron chi connectivity index (χ0n) is 11.8. The van der Waals surface area contributed by atoms with E-state index in [4.69, 9.17) is 11.6 Å². The van der Waals surface area contributed by atoms with Crippen LogP contribution in [0.4, 0.5) is 11.4 Å². The first-order valence-corrected chi connectivity index (χ1v) is 7.07. The molecule has 21 heavy (non-hydrogen) atoms. The Kier molecular flexibility index (Phi) is 3.43. The summed E-state index contributed by atoms with van der Waals surface area (Å²) in [5.74, 6) is -0.122. The second kappa shape index (κ2) is 5.26. The minimum Gasteiger partial charge on any atom is -0.361 e. The van der Waals surface area contributed by atoms with Crippen LogP contribution in [0.1, 0.15) is 16.7 Å². The first-order valence-electron chi connectivity index (χ1n) is 6.70. The van der Waals surface area contributed by atoms with Crippen molar-refractivity contribution in [1.29, 1.82) is 0 Å². The Morgan fingerprint density at radius 2 is 1.90 bits per heavy atom. The first kappa shape index (κ1) is 13.7. The van der Waals surface area contributed by atoms with Gasteiger partial charge in [0, 0.05) is 28.2 Å². The molecule has 1 amide bonds. The molecule has 4 heteroatoms. The van der Waals surface area contributed by atoms with Crippen molar-refractivity contribution in [3.8, 4) is 0 Å². The molecular weight excluding hydrogens is 284 g/mol. The summed E-state index contributed by atoms with van der Waals surface area (Å²) in [4.78, 5) is 12.0. The number of nitrogens with one attached hydrogen (secondary N) is 2. The van der Waals surface area contributed by atoms with Crippen molar-refractivity contribution in [3.05, 3.63) is 64.3 Å². The highest BCUT2D eigenvalue weighted by molar-refractivity contribution is 6.34. The molecule has 0 bridgehead atoms. The van der Waals surface area contributed by atoms with E-state index >= 15 is 0 Å². The van der Waals surface area contributed by atoms with Gasteiger partial charge in [0.15, 0.2) is 0 Å². The lowest BCUT2D eigenvalue weighted by atomic mass is 10.1. The van der Waals surface area contributed by atoms with Gasteiger partial charge in [-0.2, -0.15) is 0 Å². The van der Waals surface area contributed by atoms with E-state index in [0.717, 1.165) is 16.9 Å². The van der Waals surface area contributed by atoms with Gasteiger partial charge in [-0.25, -0.2) is 0 Å². The molecule has 2 N–H and O–H groups in total. The first-order chi connectivity index (χ1) is 10.0. The molecule has 0 radical (unpaired) electrons. The second-order valence-electron chi connectivity index (χ2n) is 5.15. The monoisotopic (exact) mass is 298 g/mol. The highest BCUT2D eigenvalue weighted by atomic mass is 35.5. The van der Waals surface area contributed by atoms with Crippen LogP contribution >= 0.6 is 11.6 Å². The molecule has 1 aliphatic rings. The number of benzene rings is 2. The third kappa shape index (κ3) is 2.65. The van der Waals surface area contributed by atoms with E-state index in [-0.39, 0.29) is 5.91 Å². The van der Waals surface area contributed by atoms with Gasteiger partial charge in [-0.15, -0.1) is 0 Å². The number of halogens is 1. The Balaban J connectivity index is 1.92. The number of carbonyl (C=O) groups excluding carboxylic acids is 1. The van der Waals surface area contributed by atoms with Crippen LogP contribution in [0.2, 0.25) is 5.02 Å². The maximum absolute atomic E-state index is 12.0. The molecule has 3 rings (SSSR count). The number of amides is 1. The molecule has 0 atom stereocenters. The highest BCUT2D eigenvalue weighted by Crippen LogP contribution is 2.33. The van der Waals surface area contributed by atoms with E-state index in [9.17, 15) is 4.79 Å². The summed E-state index contributed by atoms with van der Waals surface area (Å²) in [5, 5.41) is 6.62. The minimum atomic E-state index is -0.122. The number of anilines is 2. The molecule has 0 aliphatic carbocycles. The Bertz CT molecular complexity index is 765. The molecule has 1 heterocycles. The summed E-state index contributed by atoms with van der Waals surface area (Å²) in [6.45, 7) is 4.13. The second-order valence-corrected chi connectivity index (χ2v) is 5.58. The van der Waals surface area contributed by atoms with E-state index in [1.165, 1.54) is 11.1 Å². The van der Waals surface area contributed by atoms with E-state index in [1.807, 2.05) is 12.1 Å². The lowest BCUT2D eigenvalue weighted by Gasteiger charge is -2.06. The summed E-state index contributed by atoms with van der Waals surface area (Å²) in [5.41, 5.74) is 5.60. The third-order valence-corrected chi connectivity index (χ3v) is 3.89. The van der Waals surface area contributed by atoms with Crippen molar-refractivity contribution in [3.63, 3.8) is 0 Å². The van der Waals surface area contributed by atoms with Gasteiger partial charge in [0.2, 0.25) is 0 Å². The number of hydrogen-bond acceptors (Lipinski definition) is 2. The molecule has 0 saturated heterocycles. The van der Waals surface area contributed by atoms with Crippen molar-refractivity contribution < 1.29 is 4.79 Å². The topological polar surface area (TPSA) is 41.1 Å². The lowest BCUT2D eigenvalue weighted by Crippen LogP contribution is -2.05. The molecule has 0 unspecified atom stereocenters. The van der Waals surface area contributed by atoms with Gasteiger partial charge in [-0.1, -0.05) is 17.7 Å². The molecule has 0 saturated carbocycles. The van der Waals surface area contributed by atoms with Gasteiger partial charge in [0.05, 0.1) is 5.57 Å². The quantitative estimate of drug-likeness (QED) is 0.809. The summed E-state index contributed by atoms with van der Waals surface area (Å²) >= 11 is 6.01. The zero-order chi connectivity index (χ0) is 15.0. The van der Waals surface area contributed by atoms with Crippen LogP contribution in [0, 0.1) is 13.8 Å². The largest absolute Gasteiger partial charge is 0.361 e. The summed E-state index contributed by atoms with van der Waals surface area (Å²) in [6.07, 6.45) is 1.72. The molecule has 2 aromatic rings. The average Bonchev–Trinajstić information content (AvgIpc) is 2.75. The van der Waals surface area contributed by atoms with Gasteiger partial charge in [-0.05, 0) is 55.3 Å². The van der Waals surface area contributed by atoms with Crippen LogP contribution in [-0.4, -0.2) is 5.91 Å². The number of fused-ring (bicyclic) bond motifs is 1. The van der Waals surface area contributed by atoms with Gasteiger partial charge in [0.25, 0.3) is 5.91 Å². The number of carbonyl (C=O) groups is 1. The van der Waals surface area contributed by atoms with Crippen LogP contribution in [0.15, 0.2) is 42.6 Å². The number of aryl methyl sites for hydroxylation is 2. The van der Waals surface area contributed by atoms with Gasteiger partial charge in [-0.3, -0.25) is 4.79 Å². The average molecular weight is 299 g/mol. The molecule has 106 valence electrons. The Labute approximate surface area is 128 Å². The fourth-order valence-corrected chi connectivity index (χ4v) is 2.46. The van der Waals surface area contributed by atoms with Crippen LogP contribution in [0.3, 0.4) is 0 Å². The fourth-order valence-electron chi connectivity index (χ4n) is 2.29. The predicted molar refractivity (Wildman–Crippen MR) is 87.6 cm³/mol. The Morgan fingerprint density at radius 3 is 2.67 bits per heavy atom. The van der Waals surface area contributed by atoms with Crippen LogP contribution in [0.5, 0.6) is 0 Å².